The number of benzene rings is 1. The molecular formula is C18H23BrOS. The van der Waals surface area contributed by atoms with Crippen LogP contribution in [0.4, 0.5) is 0 Å². The molecule has 1 aromatic heterocycles. The van der Waals surface area contributed by atoms with E-state index in [2.05, 4.69) is 67.9 Å². The summed E-state index contributed by atoms with van der Waals surface area (Å²) >= 11 is 5.54. The first-order valence-corrected chi connectivity index (χ1v) is 9.01. The predicted octanol–water partition coefficient (Wildman–Crippen LogP) is 6.24. The molecule has 0 bridgehead atoms. The molecule has 0 radical (unpaired) electrons. The van der Waals surface area contributed by atoms with Crippen molar-refractivity contribution in [3.8, 4) is 5.75 Å². The second-order valence-corrected chi connectivity index (χ2v) is 7.91. The second-order valence-electron chi connectivity index (χ2n) is 5.54. The lowest BCUT2D eigenvalue weighted by molar-refractivity contribution is 0.410. The van der Waals surface area contributed by atoms with Crippen LogP contribution in [0.15, 0.2) is 28.1 Å². The minimum atomic E-state index is 0.0957. The summed E-state index contributed by atoms with van der Waals surface area (Å²) in [4.78, 5) is 1.45. The van der Waals surface area contributed by atoms with Crippen molar-refractivity contribution in [1.82, 2.24) is 0 Å². The third-order valence-electron chi connectivity index (χ3n) is 4.48. The Morgan fingerprint density at radius 1 is 1.10 bits per heavy atom. The van der Waals surface area contributed by atoms with E-state index in [4.69, 9.17) is 4.74 Å². The molecule has 1 nitrogen and oxygen atoms in total. The maximum absolute atomic E-state index is 5.40. The summed E-state index contributed by atoms with van der Waals surface area (Å²) < 4.78 is 6.65. The van der Waals surface area contributed by atoms with Crippen LogP contribution in [0.3, 0.4) is 0 Å². The quantitative estimate of drug-likeness (QED) is 0.608. The fourth-order valence-corrected chi connectivity index (χ4v) is 4.91. The fourth-order valence-electron chi connectivity index (χ4n) is 3.02. The number of halogens is 1. The number of aryl methyl sites for hydroxylation is 2. The topological polar surface area (TPSA) is 9.23 Å². The van der Waals surface area contributed by atoms with E-state index >= 15 is 0 Å². The van der Waals surface area contributed by atoms with Gasteiger partial charge < -0.3 is 4.74 Å². The van der Waals surface area contributed by atoms with E-state index in [0.717, 1.165) is 18.6 Å². The lowest BCUT2D eigenvalue weighted by Gasteiger charge is -2.32. The van der Waals surface area contributed by atoms with Gasteiger partial charge in [-0.05, 0) is 71.4 Å². The van der Waals surface area contributed by atoms with E-state index in [1.54, 1.807) is 7.11 Å². The molecule has 114 valence electrons. The van der Waals surface area contributed by atoms with Crippen LogP contribution in [0.2, 0.25) is 0 Å². The smallest absolute Gasteiger partial charge is 0.121 e. The van der Waals surface area contributed by atoms with Crippen LogP contribution in [0, 0.1) is 13.8 Å². The molecule has 21 heavy (non-hydrogen) atoms. The molecule has 0 aliphatic rings. The first kappa shape index (κ1) is 16.6. The van der Waals surface area contributed by atoms with Crippen LogP contribution in [0.5, 0.6) is 5.75 Å². The van der Waals surface area contributed by atoms with Crippen LogP contribution in [0.1, 0.15) is 48.3 Å². The zero-order chi connectivity index (χ0) is 15.6. The molecule has 1 heterocycles. The minimum absolute atomic E-state index is 0.0957. The summed E-state index contributed by atoms with van der Waals surface area (Å²) in [6.45, 7) is 8.85. The highest BCUT2D eigenvalue weighted by atomic mass is 79.9. The van der Waals surface area contributed by atoms with Gasteiger partial charge in [0, 0.05) is 10.3 Å². The van der Waals surface area contributed by atoms with E-state index < -0.39 is 0 Å². The average molecular weight is 367 g/mol. The van der Waals surface area contributed by atoms with Crippen LogP contribution < -0.4 is 4.74 Å². The first-order valence-electron chi connectivity index (χ1n) is 7.40. The van der Waals surface area contributed by atoms with Gasteiger partial charge in [0.1, 0.15) is 5.75 Å². The molecule has 0 spiro atoms. The molecule has 0 aliphatic carbocycles. The molecule has 0 saturated heterocycles. The van der Waals surface area contributed by atoms with Crippen molar-refractivity contribution in [3.05, 3.63) is 49.6 Å². The lowest BCUT2D eigenvalue weighted by atomic mass is 9.74. The molecule has 3 heteroatoms. The molecule has 0 unspecified atom stereocenters. The van der Waals surface area contributed by atoms with E-state index in [1.807, 2.05) is 11.3 Å². The van der Waals surface area contributed by atoms with E-state index in [-0.39, 0.29) is 5.41 Å². The predicted molar refractivity (Wildman–Crippen MR) is 95.8 cm³/mol. The standard InChI is InChI=1S/C18H23BrOS/c1-6-18(7-2,16-11-13(4)17(19)21-16)14-8-9-15(20-5)12(3)10-14/h8-11H,6-7H2,1-5H3. The Kier molecular flexibility index (Phi) is 5.15. The fraction of sp³-hybridized carbons (Fsp3) is 0.444. The normalized spacial score (nSPS) is 11.7. The molecule has 1 aromatic carbocycles. The van der Waals surface area contributed by atoms with Crippen LogP contribution in [-0.4, -0.2) is 7.11 Å². The van der Waals surface area contributed by atoms with Crippen molar-refractivity contribution in [3.63, 3.8) is 0 Å². The van der Waals surface area contributed by atoms with Gasteiger partial charge in [-0.25, -0.2) is 0 Å². The number of ether oxygens (including phenoxy) is 1. The van der Waals surface area contributed by atoms with Gasteiger partial charge in [-0.3, -0.25) is 0 Å². The van der Waals surface area contributed by atoms with Gasteiger partial charge in [-0.15, -0.1) is 11.3 Å². The molecule has 0 atom stereocenters. The van der Waals surface area contributed by atoms with Crippen molar-refractivity contribution in [2.24, 2.45) is 0 Å². The Morgan fingerprint density at radius 3 is 2.19 bits per heavy atom. The Labute approximate surface area is 140 Å². The number of methoxy groups -OCH3 is 1. The number of hydrogen-bond donors (Lipinski definition) is 0. The molecule has 2 aromatic rings. The van der Waals surface area contributed by atoms with Gasteiger partial charge in [0.25, 0.3) is 0 Å². The Balaban J connectivity index is 2.59. The number of hydrogen-bond acceptors (Lipinski definition) is 2. The monoisotopic (exact) mass is 366 g/mol. The molecule has 2 rings (SSSR count). The average Bonchev–Trinajstić information content (AvgIpc) is 2.81. The highest BCUT2D eigenvalue weighted by Gasteiger charge is 2.33. The highest BCUT2D eigenvalue weighted by Crippen LogP contribution is 2.45. The van der Waals surface area contributed by atoms with E-state index in [0.29, 0.717) is 0 Å². The molecule has 0 N–H and O–H groups in total. The number of thiophene rings is 1. The van der Waals surface area contributed by atoms with Crippen LogP contribution in [0.25, 0.3) is 0 Å². The highest BCUT2D eigenvalue weighted by molar-refractivity contribution is 9.11. The Morgan fingerprint density at radius 2 is 1.76 bits per heavy atom. The van der Waals surface area contributed by atoms with Crippen molar-refractivity contribution < 1.29 is 4.74 Å². The number of rotatable bonds is 5. The zero-order valence-corrected chi connectivity index (χ0v) is 15.8. The summed E-state index contributed by atoms with van der Waals surface area (Å²) in [7, 11) is 1.73. The Bertz CT molecular complexity index is 607. The van der Waals surface area contributed by atoms with Gasteiger partial charge >= 0.3 is 0 Å². The van der Waals surface area contributed by atoms with Gasteiger partial charge in [0.15, 0.2) is 0 Å². The van der Waals surface area contributed by atoms with Crippen molar-refractivity contribution in [2.45, 2.75) is 46.0 Å². The third kappa shape index (κ3) is 2.91. The summed E-state index contributed by atoms with van der Waals surface area (Å²) in [5.41, 5.74) is 4.01. The first-order chi connectivity index (χ1) is 9.98. The summed E-state index contributed by atoms with van der Waals surface area (Å²) in [6, 6.07) is 8.94. The minimum Gasteiger partial charge on any atom is -0.496 e. The van der Waals surface area contributed by atoms with Gasteiger partial charge in [-0.1, -0.05) is 26.0 Å². The van der Waals surface area contributed by atoms with E-state index in [1.165, 1.54) is 25.4 Å². The zero-order valence-electron chi connectivity index (χ0n) is 13.4. The molecule has 0 fully saturated rings. The SMILES string of the molecule is CCC(CC)(c1ccc(OC)c(C)c1)c1cc(C)c(Br)s1. The summed E-state index contributed by atoms with van der Waals surface area (Å²) in [5.74, 6) is 0.961. The largest absolute Gasteiger partial charge is 0.496 e. The molecule has 0 saturated carbocycles. The van der Waals surface area contributed by atoms with Crippen molar-refractivity contribution in [2.75, 3.05) is 7.11 Å². The summed E-state index contributed by atoms with van der Waals surface area (Å²) in [5, 5.41) is 0. The second kappa shape index (κ2) is 6.53. The van der Waals surface area contributed by atoms with Crippen LogP contribution >= 0.6 is 27.3 Å². The molecule has 0 amide bonds. The summed E-state index contributed by atoms with van der Waals surface area (Å²) in [6.07, 6.45) is 2.20. The van der Waals surface area contributed by atoms with Gasteiger partial charge in [0.2, 0.25) is 0 Å². The maximum Gasteiger partial charge on any atom is 0.121 e. The Hall–Kier alpha value is -0.800. The lowest BCUT2D eigenvalue weighted by Crippen LogP contribution is -2.25. The van der Waals surface area contributed by atoms with Crippen LogP contribution in [-0.2, 0) is 5.41 Å². The van der Waals surface area contributed by atoms with Crippen molar-refractivity contribution in [1.29, 1.82) is 0 Å². The molecule has 0 aliphatic heterocycles. The maximum atomic E-state index is 5.40. The van der Waals surface area contributed by atoms with Gasteiger partial charge in [-0.2, -0.15) is 0 Å². The molecular weight excluding hydrogens is 344 g/mol. The third-order valence-corrected chi connectivity index (χ3v) is 6.82. The van der Waals surface area contributed by atoms with Crippen molar-refractivity contribution >= 4 is 27.3 Å². The van der Waals surface area contributed by atoms with Gasteiger partial charge in [0.05, 0.1) is 10.9 Å². The van der Waals surface area contributed by atoms with E-state index in [9.17, 15) is 0 Å².